The van der Waals surface area contributed by atoms with Crippen LogP contribution < -0.4 is 35.3 Å². The zero-order valence-electron chi connectivity index (χ0n) is 18.3. The van der Waals surface area contributed by atoms with E-state index < -0.39 is 10.1 Å². The number of nitrogens with two attached hydrogens (primary N) is 1. The summed E-state index contributed by atoms with van der Waals surface area (Å²) in [7, 11) is -4.50. The second-order valence-electron chi connectivity index (χ2n) is 6.89. The first-order valence-electron chi connectivity index (χ1n) is 9.17. The molecular formula is C22H18FN4NaO3S. The van der Waals surface area contributed by atoms with Crippen LogP contribution in [0, 0.1) is 12.7 Å². The van der Waals surface area contributed by atoms with Crippen molar-refractivity contribution < 1.29 is 48.3 Å². The molecule has 0 fully saturated rings. The molecule has 0 saturated carbocycles. The van der Waals surface area contributed by atoms with Gasteiger partial charge in [-0.3, -0.25) is 9.54 Å². The minimum atomic E-state index is -4.50. The van der Waals surface area contributed by atoms with Crippen LogP contribution in [-0.4, -0.2) is 18.0 Å². The Morgan fingerprint density at radius 1 is 1.03 bits per heavy atom. The van der Waals surface area contributed by atoms with E-state index in [1.54, 1.807) is 42.5 Å². The molecule has 1 aromatic heterocycles. The van der Waals surface area contributed by atoms with Crippen molar-refractivity contribution in [1.29, 1.82) is 0 Å². The Kier molecular flexibility index (Phi) is 7.06. The topological polar surface area (TPSA) is 118 Å². The number of nitrogens with zero attached hydrogens (tertiary/aromatic N) is 3. The molecule has 32 heavy (non-hydrogen) atoms. The van der Waals surface area contributed by atoms with E-state index in [4.69, 9.17) is 5.73 Å². The van der Waals surface area contributed by atoms with Crippen molar-refractivity contribution in [3.63, 3.8) is 0 Å². The number of halogens is 1. The number of aryl methyl sites for hydroxylation is 1. The third kappa shape index (κ3) is 4.87. The average molecular weight is 460 g/mol. The minimum absolute atomic E-state index is 0. The number of hydrogen-bond acceptors (Lipinski definition) is 6. The fourth-order valence-corrected chi connectivity index (χ4v) is 3.95. The quantitative estimate of drug-likeness (QED) is 0.210. The smallest absolute Gasteiger partial charge is 1.00 e. The Morgan fingerprint density at radius 3 is 2.41 bits per heavy atom. The van der Waals surface area contributed by atoms with Crippen LogP contribution >= 0.6 is 0 Å². The molecule has 0 atom stereocenters. The van der Waals surface area contributed by atoms with E-state index in [0.717, 1.165) is 5.56 Å². The number of benzene rings is 3. The van der Waals surface area contributed by atoms with Gasteiger partial charge in [0.15, 0.2) is 0 Å². The number of fused-ring (bicyclic) bond motifs is 1. The van der Waals surface area contributed by atoms with Crippen LogP contribution in [0.15, 0.2) is 82.0 Å². The first-order valence-corrected chi connectivity index (χ1v) is 10.6. The van der Waals surface area contributed by atoms with Crippen molar-refractivity contribution >= 4 is 38.0 Å². The first-order chi connectivity index (χ1) is 14.7. The summed E-state index contributed by atoms with van der Waals surface area (Å²) in [6.45, 7) is 1.86. The van der Waals surface area contributed by atoms with Crippen LogP contribution in [0.5, 0.6) is 0 Å². The monoisotopic (exact) mass is 460 g/mol. The van der Waals surface area contributed by atoms with E-state index in [1.807, 2.05) is 6.92 Å². The summed E-state index contributed by atoms with van der Waals surface area (Å²) in [5.41, 5.74) is 8.98. The van der Waals surface area contributed by atoms with Gasteiger partial charge < -0.3 is 7.16 Å². The number of hydrogen-bond donors (Lipinski definition) is 2. The molecule has 158 valence electrons. The van der Waals surface area contributed by atoms with Gasteiger partial charge in [0.2, 0.25) is 0 Å². The molecule has 7 nitrogen and oxygen atoms in total. The number of rotatable bonds is 4. The van der Waals surface area contributed by atoms with Gasteiger partial charge in [-0.05, 0) is 42.8 Å². The largest absolute Gasteiger partial charge is 1.00 e. The molecule has 0 aliphatic heterocycles. The molecule has 3 aromatic carbocycles. The third-order valence-corrected chi connectivity index (χ3v) is 5.69. The van der Waals surface area contributed by atoms with E-state index >= 15 is 0 Å². The molecule has 1 heterocycles. The van der Waals surface area contributed by atoms with Gasteiger partial charge in [0.1, 0.15) is 22.1 Å². The van der Waals surface area contributed by atoms with Crippen molar-refractivity contribution in [3.05, 3.63) is 78.2 Å². The van der Waals surface area contributed by atoms with Gasteiger partial charge >= 0.3 is 29.6 Å². The second kappa shape index (κ2) is 9.43. The van der Waals surface area contributed by atoms with Crippen molar-refractivity contribution in [1.82, 2.24) is 4.98 Å². The molecule has 10 heteroatoms. The molecule has 0 aliphatic carbocycles. The summed E-state index contributed by atoms with van der Waals surface area (Å²) in [6.07, 6.45) is 1.46. The molecule has 0 amide bonds. The molecule has 0 unspecified atom stereocenters. The maximum absolute atomic E-state index is 13.6. The normalized spacial score (nSPS) is 11.6. The number of pyridine rings is 1. The van der Waals surface area contributed by atoms with Crippen LogP contribution in [0.2, 0.25) is 0 Å². The molecule has 3 N–H and O–H groups in total. The van der Waals surface area contributed by atoms with Crippen LogP contribution in [-0.2, 0) is 10.1 Å². The van der Waals surface area contributed by atoms with E-state index in [9.17, 15) is 17.4 Å². The molecule has 0 saturated heterocycles. The van der Waals surface area contributed by atoms with Crippen molar-refractivity contribution in [3.8, 4) is 11.3 Å². The summed E-state index contributed by atoms with van der Waals surface area (Å²) >= 11 is 0. The van der Waals surface area contributed by atoms with Gasteiger partial charge in [0.25, 0.3) is 10.1 Å². The summed E-state index contributed by atoms with van der Waals surface area (Å²) < 4.78 is 46.8. The van der Waals surface area contributed by atoms with Gasteiger partial charge in [-0.1, -0.05) is 30.3 Å². The van der Waals surface area contributed by atoms with E-state index in [0.29, 0.717) is 22.3 Å². The Labute approximate surface area is 207 Å². The van der Waals surface area contributed by atoms with Crippen molar-refractivity contribution in [2.45, 2.75) is 11.8 Å². The molecular weight excluding hydrogens is 442 g/mol. The average Bonchev–Trinajstić information content (AvgIpc) is 2.75. The maximum Gasteiger partial charge on any atom is 1.00 e. The maximum atomic E-state index is 13.6. The van der Waals surface area contributed by atoms with Crippen LogP contribution in [0.3, 0.4) is 0 Å². The summed E-state index contributed by atoms with van der Waals surface area (Å²) in [5.74, 6) is -0.354. The van der Waals surface area contributed by atoms with E-state index in [-0.39, 0.29) is 58.5 Å². The fourth-order valence-electron chi connectivity index (χ4n) is 3.23. The summed E-state index contributed by atoms with van der Waals surface area (Å²) in [5, 5.41) is 8.85. The minimum Gasteiger partial charge on any atom is -1.00 e. The van der Waals surface area contributed by atoms with Crippen LogP contribution in [0.4, 0.5) is 21.5 Å². The molecule has 0 aliphatic rings. The predicted octanol–water partition coefficient (Wildman–Crippen LogP) is 2.71. The van der Waals surface area contributed by atoms with Gasteiger partial charge in [-0.15, -0.1) is 10.2 Å². The second-order valence-corrected chi connectivity index (χ2v) is 8.28. The summed E-state index contributed by atoms with van der Waals surface area (Å²) in [6, 6.07) is 15.5. The molecule has 4 rings (SSSR count). The van der Waals surface area contributed by atoms with Crippen molar-refractivity contribution in [2.75, 3.05) is 5.73 Å². The Balaban J connectivity index is 0.00000193. The standard InChI is InChI=1S/C22H17FN4O3S.Na.H/c1-13-6-7-14(23)10-18(13)19-9-8-15(12-25-19)26-27-20-11-21(31(28,29)30)16-4-2-3-5-17(16)22(20)24;;/h2-12H,24H2,1H3,(H,28,29,30);;/q;+1;-1. The number of nitrogen functional groups attached to an aromatic ring is 1. The molecule has 0 radical (unpaired) electrons. The van der Waals surface area contributed by atoms with Gasteiger partial charge in [-0.25, -0.2) is 4.39 Å². The first kappa shape index (κ1) is 24.0. The summed E-state index contributed by atoms with van der Waals surface area (Å²) in [4.78, 5) is 4.00. The molecule has 4 aromatic rings. The fraction of sp³-hybridized carbons (Fsp3) is 0.0455. The predicted molar refractivity (Wildman–Crippen MR) is 118 cm³/mol. The Morgan fingerprint density at radius 2 is 1.75 bits per heavy atom. The van der Waals surface area contributed by atoms with Gasteiger partial charge in [-0.2, -0.15) is 8.42 Å². The van der Waals surface area contributed by atoms with Crippen LogP contribution in [0.25, 0.3) is 22.0 Å². The van der Waals surface area contributed by atoms with Gasteiger partial charge in [0, 0.05) is 16.3 Å². The zero-order chi connectivity index (χ0) is 22.2. The molecule has 0 bridgehead atoms. The van der Waals surface area contributed by atoms with E-state index in [1.165, 1.54) is 24.4 Å². The third-order valence-electron chi connectivity index (χ3n) is 4.80. The molecule has 0 spiro atoms. The Hall–Kier alpha value is -2.69. The van der Waals surface area contributed by atoms with Gasteiger partial charge in [0.05, 0.1) is 17.6 Å². The number of aromatic nitrogens is 1. The number of anilines is 1. The SMILES string of the molecule is Cc1ccc(F)cc1-c1ccc(N=Nc2cc(S(=O)(=O)O)c3ccccc3c2N)cn1.[H-].[Na+]. The van der Waals surface area contributed by atoms with E-state index in [2.05, 4.69) is 15.2 Å². The zero-order valence-corrected chi connectivity index (χ0v) is 20.1. The number of azo groups is 1. The Bertz CT molecular complexity index is 1450. The van der Waals surface area contributed by atoms with Crippen LogP contribution in [0.1, 0.15) is 6.99 Å². The van der Waals surface area contributed by atoms with Crippen molar-refractivity contribution in [2.24, 2.45) is 10.2 Å².